The van der Waals surface area contributed by atoms with Crippen LogP contribution in [0, 0.1) is 11.8 Å². The number of ether oxygens (including phenoxy) is 4. The van der Waals surface area contributed by atoms with Gasteiger partial charge in [-0.25, -0.2) is 14.8 Å². The smallest absolute Gasteiger partial charge is 0.328 e. The van der Waals surface area contributed by atoms with Gasteiger partial charge >= 0.3 is 11.7 Å². The molecule has 2 atom stereocenters. The fraction of sp³-hybridized carbons (Fsp3) is 0.608. The van der Waals surface area contributed by atoms with Gasteiger partial charge in [0.2, 0.25) is 11.6 Å². The van der Waals surface area contributed by atoms with E-state index < -0.39 is 17.1 Å². The Morgan fingerprint density at radius 2 is 1.16 bits per heavy atom. The third kappa shape index (κ3) is 20.3. The number of Topliss-reactive ketones (excluding diaryl/α,β-unsaturated/α-hetero) is 1. The van der Waals surface area contributed by atoms with Crippen molar-refractivity contribution < 1.29 is 33.6 Å². The van der Waals surface area contributed by atoms with Crippen LogP contribution in [-0.4, -0.2) is 68.7 Å². The second-order valence-electron chi connectivity index (χ2n) is 27.0. The van der Waals surface area contributed by atoms with E-state index in [1.165, 1.54) is 160 Å². The molecule has 0 amide bonds. The van der Waals surface area contributed by atoms with E-state index in [-0.39, 0.29) is 48.6 Å². The first-order chi connectivity index (χ1) is 45.7. The lowest BCUT2D eigenvalue weighted by molar-refractivity contribution is -0.145. The zero-order valence-corrected chi connectivity index (χ0v) is 58.6. The Labute approximate surface area is 561 Å². The first-order valence-corrected chi connectivity index (χ1v) is 36.8. The van der Waals surface area contributed by atoms with Crippen LogP contribution < -0.4 is 25.5 Å². The maximum atomic E-state index is 14.3. The first kappa shape index (κ1) is 72.8. The van der Waals surface area contributed by atoms with E-state index in [9.17, 15) is 24.3 Å². The van der Waals surface area contributed by atoms with Crippen LogP contribution in [0.3, 0.4) is 0 Å². The van der Waals surface area contributed by atoms with E-state index in [1.807, 2.05) is 62.2 Å². The maximum absolute atomic E-state index is 14.3. The van der Waals surface area contributed by atoms with E-state index in [0.717, 1.165) is 89.2 Å². The molecule has 8 bridgehead atoms. The molecule has 15 nitrogen and oxygen atoms in total. The Morgan fingerprint density at radius 3 is 1.69 bits per heavy atom. The molecule has 94 heavy (non-hydrogen) atoms. The zero-order valence-electron chi connectivity index (χ0n) is 58.6. The number of carbonyl (C=O) groups is 2. The summed E-state index contributed by atoms with van der Waals surface area (Å²) in [7, 11) is 0. The van der Waals surface area contributed by atoms with Gasteiger partial charge in [0.25, 0.3) is 5.56 Å². The molecule has 0 saturated carbocycles. The number of nitrogens with one attached hydrogen (secondary N) is 2. The van der Waals surface area contributed by atoms with E-state index >= 15 is 0 Å². The summed E-state index contributed by atoms with van der Waals surface area (Å²) in [6.45, 7) is 18.6. The van der Waals surface area contributed by atoms with Gasteiger partial charge in [-0.3, -0.25) is 29.3 Å². The number of allylic oxidation sites excluding steroid dienone is 11. The zero-order chi connectivity index (χ0) is 66.8. The summed E-state index contributed by atoms with van der Waals surface area (Å²) < 4.78 is 26.3. The number of aromatic amines is 2. The highest BCUT2D eigenvalue weighted by Gasteiger charge is 2.42. The number of ketones is 1. The van der Waals surface area contributed by atoms with Crippen LogP contribution in [0.2, 0.25) is 0 Å². The number of H-pyrrole nitrogens is 2. The molecule has 0 saturated heterocycles. The normalized spacial score (nSPS) is 17.9. The highest BCUT2D eigenvalue weighted by atomic mass is 16.5. The number of carbonyl (C=O) groups excluding carboxylic acids is 2. The average Bonchev–Trinajstić information content (AvgIpc) is 1.65. The van der Waals surface area contributed by atoms with Crippen LogP contribution in [0.5, 0.6) is 23.1 Å². The Hall–Kier alpha value is -7.03. The van der Waals surface area contributed by atoms with Gasteiger partial charge in [0.05, 0.1) is 54.0 Å². The number of hydrogen-bond donors (Lipinski definition) is 3. The molecule has 6 aliphatic rings. The minimum absolute atomic E-state index is 0.00312. The lowest BCUT2D eigenvalue weighted by atomic mass is 9.80. The number of nitrogens with zero attached hydrogens (tertiary/aromatic N) is 4. The van der Waals surface area contributed by atoms with Crippen LogP contribution in [0.15, 0.2) is 123 Å². The van der Waals surface area contributed by atoms with Gasteiger partial charge in [0, 0.05) is 53.4 Å². The Bertz CT molecular complexity index is 3380. The Balaban J connectivity index is 1.02. The number of aromatic nitrogens is 2. The van der Waals surface area contributed by atoms with E-state index in [2.05, 4.69) is 44.6 Å². The second-order valence-corrected chi connectivity index (χ2v) is 27.0. The minimum Gasteiger partial charge on any atom is -0.494 e. The van der Waals surface area contributed by atoms with Gasteiger partial charge in [-0.15, -0.1) is 0 Å². The van der Waals surface area contributed by atoms with Crippen molar-refractivity contribution in [2.24, 2.45) is 26.8 Å². The summed E-state index contributed by atoms with van der Waals surface area (Å²) in [5.41, 5.74) is 9.60. The molecule has 6 aliphatic heterocycles. The van der Waals surface area contributed by atoms with Gasteiger partial charge in [0.1, 0.15) is 12.2 Å². The van der Waals surface area contributed by atoms with Crippen LogP contribution in [0.1, 0.15) is 285 Å². The number of rotatable bonds is 43. The predicted molar refractivity (Wildman–Crippen MR) is 382 cm³/mol. The van der Waals surface area contributed by atoms with Crippen molar-refractivity contribution in [2.75, 3.05) is 19.8 Å². The molecule has 15 heteroatoms. The summed E-state index contributed by atoms with van der Waals surface area (Å²) >= 11 is 0. The van der Waals surface area contributed by atoms with Gasteiger partial charge in [0.15, 0.2) is 17.3 Å². The van der Waals surface area contributed by atoms with Crippen LogP contribution in [0.25, 0.3) is 6.08 Å². The molecule has 0 fully saturated rings. The largest absolute Gasteiger partial charge is 0.494 e. The third-order valence-corrected chi connectivity index (χ3v) is 19.7. The number of esters is 1. The molecule has 7 heterocycles. The predicted octanol–water partition coefficient (Wildman–Crippen LogP) is 19.3. The number of fused-ring (bicyclic) bond motifs is 4. The van der Waals surface area contributed by atoms with Gasteiger partial charge in [-0.2, -0.15) is 0 Å². The van der Waals surface area contributed by atoms with Crippen molar-refractivity contribution in [1.82, 2.24) is 14.9 Å². The van der Waals surface area contributed by atoms with Crippen molar-refractivity contribution in [3.63, 3.8) is 0 Å². The SMILES string of the molecule is CCCCCCCCCCCCOc1cc(COC(=O)CC[C@@H]2C3=NC(=CC4=C(C)/C(=C\c5c(O)[nH]c(=O)[nH]c5=O)C(=N4)C=C4N=C(C=C5C(C)=C6C(=O)CC3=CN56)C(CC)=C4C)[C@H]2C)cc(OCCCCCCCCCCCC)c1OCCCCCCCCCCCC. The van der Waals surface area contributed by atoms with Crippen LogP contribution in [0.4, 0.5) is 0 Å². The van der Waals surface area contributed by atoms with Crippen LogP contribution in [-0.2, 0) is 20.9 Å². The lowest BCUT2D eigenvalue weighted by Crippen LogP contribution is -2.39. The lowest BCUT2D eigenvalue weighted by Gasteiger charge is -2.40. The Kier molecular flexibility index (Phi) is 29.4. The van der Waals surface area contributed by atoms with Gasteiger partial charge in [-0.1, -0.05) is 208 Å². The average molecular weight is 1290 g/mol. The van der Waals surface area contributed by atoms with Crippen molar-refractivity contribution >= 4 is 35.0 Å². The topological polar surface area (TPSA) is 197 Å². The quantitative estimate of drug-likeness (QED) is 0.0424. The summed E-state index contributed by atoms with van der Waals surface area (Å²) in [5, 5.41) is 10.9. The molecule has 1 aromatic heterocycles. The third-order valence-electron chi connectivity index (χ3n) is 19.7. The van der Waals surface area contributed by atoms with Gasteiger partial charge < -0.3 is 29.0 Å². The molecule has 0 aliphatic carbocycles. The van der Waals surface area contributed by atoms with Crippen molar-refractivity contribution in [3.8, 4) is 23.1 Å². The number of aromatic hydroxyl groups is 1. The number of hydrogen-bond acceptors (Lipinski definition) is 13. The maximum Gasteiger partial charge on any atom is 0.328 e. The summed E-state index contributed by atoms with van der Waals surface area (Å²) in [4.78, 5) is 76.0. The molecule has 512 valence electrons. The first-order valence-electron chi connectivity index (χ1n) is 36.8. The monoisotopic (exact) mass is 1290 g/mol. The molecule has 0 unspecified atom stereocenters. The molecule has 0 spiro atoms. The number of benzene rings is 1. The highest BCUT2D eigenvalue weighted by Crippen LogP contribution is 2.46. The van der Waals surface area contributed by atoms with Gasteiger partial charge in [-0.05, 0) is 117 Å². The van der Waals surface area contributed by atoms with Crippen LogP contribution >= 0.6 is 0 Å². The molecule has 8 rings (SSSR count). The van der Waals surface area contributed by atoms with Crippen molar-refractivity contribution in [2.45, 2.75) is 280 Å². The second kappa shape index (κ2) is 37.9. The van der Waals surface area contributed by atoms with Crippen molar-refractivity contribution in [1.29, 1.82) is 0 Å². The minimum atomic E-state index is -0.821. The number of unbranched alkanes of at least 4 members (excludes halogenated alkanes) is 27. The fourth-order valence-corrected chi connectivity index (χ4v) is 13.9. The number of aliphatic imine (C=N–C) groups is 3. The van der Waals surface area contributed by atoms with E-state index in [0.29, 0.717) is 83.9 Å². The summed E-state index contributed by atoms with van der Waals surface area (Å²) in [6, 6.07) is 3.96. The fourth-order valence-electron chi connectivity index (χ4n) is 13.9. The van der Waals surface area contributed by atoms with E-state index in [4.69, 9.17) is 33.9 Å². The molecule has 1 aromatic carbocycles. The molecule has 3 N–H and O–H groups in total. The van der Waals surface area contributed by atoms with E-state index in [1.54, 1.807) is 0 Å². The molecule has 2 aromatic rings. The Morgan fingerprint density at radius 1 is 0.628 bits per heavy atom. The standard InChI is InChI=1S/C79H112N6O9/c1-9-13-16-19-22-25-28-31-34-37-42-91-71-45-58(46-72(92-43-38-35-32-29-26-23-20-17-14-10-2)76(71)93-44-39-36-33-30-27-24-21-18-15-11-3)53-94-73(87)41-40-61-55(6)66-49-64-56(7)62(48-63-77(88)83-79(90)84-78(63)89)67(80-64)50-65-54(5)60(12-4)68(81-65)51-69-57(8)75-70(86)47-59(52-85(69)75)74(61)82-66/h45-46,48-52,55,61H,9-44,47,53H2,1-8H3,(H3,83,84,88,89,90)/b62-48+,65-50?,66-49?,69-51?/t55-,61-/m0/s1. The molecular formula is C79H112N6O9. The molecular weight excluding hydrogens is 1180 g/mol. The summed E-state index contributed by atoms with van der Waals surface area (Å²) in [5.74, 6) is 0.495. The van der Waals surface area contributed by atoms with Crippen molar-refractivity contribution in [3.05, 3.63) is 130 Å². The molecule has 0 radical (unpaired) electrons. The highest BCUT2D eigenvalue weighted by molar-refractivity contribution is 6.20. The summed E-state index contributed by atoms with van der Waals surface area (Å²) in [6.07, 6.45) is 47.8.